The van der Waals surface area contributed by atoms with Crippen LogP contribution in [0.2, 0.25) is 0 Å². The average Bonchev–Trinajstić information content (AvgIpc) is 3.65. The fraction of sp³-hybridized carbons (Fsp3) is 0.440. The predicted molar refractivity (Wildman–Crippen MR) is 133 cm³/mol. The number of hydrogen-bond donors (Lipinski definition) is 2. The van der Waals surface area contributed by atoms with Crippen LogP contribution in [0, 0.1) is 0 Å². The van der Waals surface area contributed by atoms with Crippen LogP contribution >= 0.6 is 11.3 Å². The molecule has 4 heterocycles. The van der Waals surface area contributed by atoms with Crippen LogP contribution in [0.3, 0.4) is 0 Å². The molecule has 0 saturated carbocycles. The van der Waals surface area contributed by atoms with Gasteiger partial charge in [0.1, 0.15) is 22.4 Å². The SMILES string of the molecule is CN[C@@H](C)C(=O)N[C@H](C(=O)N1CCC[C@H]1c1nc(-c2noc3ccccc23)cs1)C1=CCOCC1. The highest BCUT2D eigenvalue weighted by molar-refractivity contribution is 7.10. The summed E-state index contributed by atoms with van der Waals surface area (Å²) in [6, 6.07) is 6.45. The number of para-hydroxylation sites is 1. The topological polar surface area (TPSA) is 110 Å². The molecule has 3 aromatic rings. The minimum Gasteiger partial charge on any atom is -0.377 e. The first-order valence-corrected chi connectivity index (χ1v) is 12.8. The normalized spacial score (nSPS) is 20.0. The lowest BCUT2D eigenvalue weighted by atomic mass is 10.00. The molecule has 0 radical (unpaired) electrons. The van der Waals surface area contributed by atoms with Crippen molar-refractivity contribution in [3.05, 3.63) is 46.3 Å². The van der Waals surface area contributed by atoms with Crippen molar-refractivity contribution in [2.75, 3.05) is 26.8 Å². The van der Waals surface area contributed by atoms with Crippen molar-refractivity contribution in [3.63, 3.8) is 0 Å². The number of likely N-dealkylation sites (N-methyl/N-ethyl adjacent to an activating group) is 1. The number of likely N-dealkylation sites (tertiary alicyclic amines) is 1. The highest BCUT2D eigenvalue weighted by atomic mass is 32.1. The van der Waals surface area contributed by atoms with Gasteiger partial charge in [-0.3, -0.25) is 9.59 Å². The van der Waals surface area contributed by atoms with Gasteiger partial charge in [-0.25, -0.2) is 4.98 Å². The van der Waals surface area contributed by atoms with Crippen LogP contribution in [-0.4, -0.2) is 65.7 Å². The summed E-state index contributed by atoms with van der Waals surface area (Å²) in [6.07, 6.45) is 4.24. The zero-order valence-electron chi connectivity index (χ0n) is 19.8. The van der Waals surface area contributed by atoms with Crippen LogP contribution in [0.4, 0.5) is 0 Å². The van der Waals surface area contributed by atoms with Crippen LogP contribution in [0.5, 0.6) is 0 Å². The van der Waals surface area contributed by atoms with E-state index >= 15 is 0 Å². The van der Waals surface area contributed by atoms with Crippen molar-refractivity contribution in [3.8, 4) is 11.4 Å². The third-order valence-electron chi connectivity index (χ3n) is 6.69. The smallest absolute Gasteiger partial charge is 0.250 e. The molecule has 0 spiro atoms. The first-order chi connectivity index (χ1) is 17.1. The molecule has 2 aliphatic rings. The van der Waals surface area contributed by atoms with Crippen molar-refractivity contribution in [1.82, 2.24) is 25.7 Å². The number of nitrogens with one attached hydrogen (secondary N) is 2. The Balaban J connectivity index is 1.40. The molecule has 2 aromatic heterocycles. The van der Waals surface area contributed by atoms with Gasteiger partial charge in [0.15, 0.2) is 5.58 Å². The van der Waals surface area contributed by atoms with Gasteiger partial charge in [0, 0.05) is 11.9 Å². The standard InChI is InChI=1S/C25H29N5O4S/c1-15(26-2)23(31)28-21(16-9-12-33-13-10-16)25(32)30-11-5-7-19(30)24-27-18(14-35-24)22-17-6-3-4-8-20(17)34-29-22/h3-4,6,8-9,14-15,19,21,26H,5,7,10-13H2,1-2H3,(H,28,31)/t15-,19-,21-/m0/s1. The van der Waals surface area contributed by atoms with E-state index in [1.165, 1.54) is 11.3 Å². The number of ether oxygens (including phenoxy) is 1. The first-order valence-electron chi connectivity index (χ1n) is 11.9. The molecule has 2 amide bonds. The van der Waals surface area contributed by atoms with E-state index in [0.29, 0.717) is 37.5 Å². The maximum absolute atomic E-state index is 13.8. The molecule has 10 heteroatoms. The van der Waals surface area contributed by atoms with Gasteiger partial charge >= 0.3 is 0 Å². The number of carbonyl (C=O) groups excluding carboxylic acids is 2. The number of thiazole rings is 1. The second kappa shape index (κ2) is 10.3. The third-order valence-corrected chi connectivity index (χ3v) is 7.64. The second-order valence-corrected chi connectivity index (χ2v) is 9.73. The number of amides is 2. The van der Waals surface area contributed by atoms with E-state index < -0.39 is 12.1 Å². The maximum Gasteiger partial charge on any atom is 0.250 e. The van der Waals surface area contributed by atoms with Gasteiger partial charge in [-0.1, -0.05) is 23.4 Å². The Morgan fingerprint density at radius 2 is 2.14 bits per heavy atom. The van der Waals surface area contributed by atoms with Crippen LogP contribution in [0.25, 0.3) is 22.4 Å². The minimum atomic E-state index is -0.707. The maximum atomic E-state index is 13.8. The number of nitrogens with zero attached hydrogens (tertiary/aromatic N) is 3. The Labute approximate surface area is 207 Å². The number of benzene rings is 1. The molecule has 0 aliphatic carbocycles. The first kappa shape index (κ1) is 23.7. The van der Waals surface area contributed by atoms with Gasteiger partial charge in [0.25, 0.3) is 0 Å². The van der Waals surface area contributed by atoms with Crippen molar-refractivity contribution in [2.24, 2.45) is 0 Å². The molecule has 2 aliphatic heterocycles. The molecule has 35 heavy (non-hydrogen) atoms. The second-order valence-electron chi connectivity index (χ2n) is 8.84. The zero-order valence-corrected chi connectivity index (χ0v) is 20.6. The van der Waals surface area contributed by atoms with Gasteiger partial charge in [0.2, 0.25) is 11.8 Å². The molecule has 1 saturated heterocycles. The number of aromatic nitrogens is 2. The Morgan fingerprint density at radius 3 is 2.94 bits per heavy atom. The Kier molecular flexibility index (Phi) is 6.94. The van der Waals surface area contributed by atoms with E-state index in [1.54, 1.807) is 14.0 Å². The van der Waals surface area contributed by atoms with E-state index in [9.17, 15) is 9.59 Å². The number of hydrogen-bond acceptors (Lipinski definition) is 8. The third kappa shape index (κ3) is 4.73. The quantitative estimate of drug-likeness (QED) is 0.485. The Morgan fingerprint density at radius 1 is 1.29 bits per heavy atom. The van der Waals surface area contributed by atoms with Crippen LogP contribution in [0.1, 0.15) is 37.2 Å². The zero-order chi connectivity index (χ0) is 24.4. The van der Waals surface area contributed by atoms with Crippen molar-refractivity contribution < 1.29 is 18.8 Å². The highest BCUT2D eigenvalue weighted by Crippen LogP contribution is 2.37. The molecule has 3 atom stereocenters. The molecule has 2 N–H and O–H groups in total. The highest BCUT2D eigenvalue weighted by Gasteiger charge is 2.38. The van der Waals surface area contributed by atoms with Gasteiger partial charge in [0.05, 0.1) is 30.7 Å². The summed E-state index contributed by atoms with van der Waals surface area (Å²) in [6.45, 7) is 3.39. The molecule has 9 nitrogen and oxygen atoms in total. The fourth-order valence-electron chi connectivity index (χ4n) is 4.59. The van der Waals surface area contributed by atoms with Gasteiger partial charge < -0.3 is 24.8 Å². The molecule has 1 fully saturated rings. The molecule has 0 bridgehead atoms. The predicted octanol–water partition coefficient (Wildman–Crippen LogP) is 3.05. The number of carbonyl (C=O) groups is 2. The molecular formula is C25H29N5O4S. The average molecular weight is 496 g/mol. The van der Waals surface area contributed by atoms with E-state index in [2.05, 4.69) is 15.8 Å². The van der Waals surface area contributed by atoms with Crippen molar-refractivity contribution in [1.29, 1.82) is 0 Å². The van der Waals surface area contributed by atoms with Gasteiger partial charge in [-0.15, -0.1) is 11.3 Å². The minimum absolute atomic E-state index is 0.0964. The summed E-state index contributed by atoms with van der Waals surface area (Å²) in [5.74, 6) is -0.302. The summed E-state index contributed by atoms with van der Waals surface area (Å²) >= 11 is 1.53. The number of rotatable bonds is 7. The number of fused-ring (bicyclic) bond motifs is 1. The van der Waals surface area contributed by atoms with Gasteiger partial charge in [-0.05, 0) is 50.9 Å². The van der Waals surface area contributed by atoms with E-state index in [1.807, 2.05) is 40.6 Å². The van der Waals surface area contributed by atoms with Crippen LogP contribution < -0.4 is 10.6 Å². The lowest BCUT2D eigenvalue weighted by Crippen LogP contribution is -2.53. The molecular weight excluding hydrogens is 466 g/mol. The summed E-state index contributed by atoms with van der Waals surface area (Å²) in [5.41, 5.74) is 3.07. The Bertz CT molecular complexity index is 1250. The summed E-state index contributed by atoms with van der Waals surface area (Å²) in [7, 11) is 1.73. The van der Waals surface area contributed by atoms with E-state index in [0.717, 1.165) is 34.5 Å². The van der Waals surface area contributed by atoms with E-state index in [-0.39, 0.29) is 17.9 Å². The monoisotopic (exact) mass is 495 g/mol. The summed E-state index contributed by atoms with van der Waals surface area (Å²) < 4.78 is 10.9. The summed E-state index contributed by atoms with van der Waals surface area (Å²) in [4.78, 5) is 33.3. The largest absolute Gasteiger partial charge is 0.377 e. The van der Waals surface area contributed by atoms with E-state index in [4.69, 9.17) is 14.2 Å². The van der Waals surface area contributed by atoms with Crippen LogP contribution in [0.15, 0.2) is 45.8 Å². The van der Waals surface area contributed by atoms with Crippen molar-refractivity contribution in [2.45, 2.75) is 44.3 Å². The van der Waals surface area contributed by atoms with Gasteiger partial charge in [-0.2, -0.15) is 0 Å². The molecule has 184 valence electrons. The van der Waals surface area contributed by atoms with Crippen LogP contribution in [-0.2, 0) is 14.3 Å². The summed E-state index contributed by atoms with van der Waals surface area (Å²) in [5, 5.41) is 13.9. The fourth-order valence-corrected chi connectivity index (χ4v) is 5.54. The molecule has 5 rings (SSSR count). The Hall–Kier alpha value is -3.08. The van der Waals surface area contributed by atoms with Crippen molar-refractivity contribution >= 4 is 34.1 Å². The lowest BCUT2D eigenvalue weighted by molar-refractivity contribution is -0.136. The molecule has 1 aromatic carbocycles. The lowest BCUT2D eigenvalue weighted by Gasteiger charge is -2.31. The molecule has 0 unspecified atom stereocenters.